The van der Waals surface area contributed by atoms with E-state index in [4.69, 9.17) is 9.47 Å². The number of thioether (sulfide) groups is 1. The number of rotatable bonds is 24. The number of nitrogens with one attached hydrogen (secondary N) is 4. The molecule has 4 aromatic rings. The number of hydrogen-bond acceptors (Lipinski definition) is 17. The fraction of sp³-hybridized carbons (Fsp3) is 0.458. The number of aromatic nitrogens is 4. The van der Waals surface area contributed by atoms with Gasteiger partial charge in [-0.25, -0.2) is 19.6 Å². The average molecular weight is 1030 g/mol. The number of amides is 8. The second kappa shape index (κ2) is 27.1. The molecule has 4 N–H and O–H groups in total. The monoisotopic (exact) mass is 1030 g/mol. The average Bonchev–Trinajstić information content (AvgIpc) is 3.38. The molecule has 73 heavy (non-hydrogen) atoms. The molecule has 2 aromatic heterocycles. The Labute approximate surface area is 426 Å². The number of carbonyl (C=O) groups is 10. The van der Waals surface area contributed by atoms with Gasteiger partial charge in [-0.3, -0.25) is 48.3 Å². The maximum atomic E-state index is 14.4. The van der Waals surface area contributed by atoms with Crippen molar-refractivity contribution in [2.45, 2.75) is 51.9 Å². The van der Waals surface area contributed by atoms with E-state index in [1.807, 2.05) is 0 Å². The highest BCUT2D eigenvalue weighted by atomic mass is 32.2. The van der Waals surface area contributed by atoms with E-state index in [0.717, 1.165) is 31.4 Å². The Morgan fingerprint density at radius 1 is 0.507 bits per heavy atom. The van der Waals surface area contributed by atoms with Crippen molar-refractivity contribution >= 4 is 93.0 Å². The van der Waals surface area contributed by atoms with Crippen LogP contribution < -0.4 is 21.3 Å². The third kappa shape index (κ3) is 15.6. The highest BCUT2D eigenvalue weighted by Crippen LogP contribution is 2.21. The number of para-hydroxylation sites is 4. The molecule has 8 amide bonds. The number of methoxy groups -OCH3 is 2. The van der Waals surface area contributed by atoms with Crippen molar-refractivity contribution in [2.75, 3.05) is 80.1 Å². The second-order valence-electron chi connectivity index (χ2n) is 17.3. The predicted octanol–water partition coefficient (Wildman–Crippen LogP) is -0.336. The Morgan fingerprint density at radius 2 is 0.849 bits per heavy atom. The molecule has 3 unspecified atom stereocenters. The van der Waals surface area contributed by atoms with Gasteiger partial charge in [0.2, 0.25) is 35.4 Å². The van der Waals surface area contributed by atoms with Crippen molar-refractivity contribution < 1.29 is 57.4 Å². The zero-order chi connectivity index (χ0) is 54.1. The van der Waals surface area contributed by atoms with Gasteiger partial charge in [0.1, 0.15) is 35.6 Å². The largest absolute Gasteiger partial charge is 0.467 e. The molecule has 0 aliphatic rings. The Balaban J connectivity index is 1.50. The summed E-state index contributed by atoms with van der Waals surface area (Å²) in [6.07, 6.45) is 2.52. The quantitative estimate of drug-likeness (QED) is 0.0653. The molecule has 0 bridgehead atoms. The minimum atomic E-state index is -1.35. The van der Waals surface area contributed by atoms with E-state index in [1.165, 1.54) is 54.8 Å². The number of hydrogen-bond donors (Lipinski definition) is 4. The summed E-state index contributed by atoms with van der Waals surface area (Å²) in [6.45, 7) is 4.48. The molecule has 392 valence electrons. The number of nitrogens with zero attached hydrogens (tertiary/aromatic N) is 8. The number of carbonyl (C=O) groups excluding carboxylic acids is 10. The third-order valence-electron chi connectivity index (χ3n) is 11.6. The summed E-state index contributed by atoms with van der Waals surface area (Å²) in [5.74, 6) is -8.56. The lowest BCUT2D eigenvalue weighted by molar-refractivity contribution is -0.156. The van der Waals surface area contributed by atoms with Crippen molar-refractivity contribution in [2.24, 2.45) is 11.8 Å². The maximum absolute atomic E-state index is 14.4. The first kappa shape index (κ1) is 57.7. The van der Waals surface area contributed by atoms with Crippen molar-refractivity contribution in [1.29, 1.82) is 0 Å². The fourth-order valence-electron chi connectivity index (χ4n) is 7.44. The van der Waals surface area contributed by atoms with Crippen LogP contribution >= 0.6 is 11.8 Å². The smallest absolute Gasteiger partial charge is 0.328 e. The first-order valence-electron chi connectivity index (χ1n) is 22.9. The van der Waals surface area contributed by atoms with Gasteiger partial charge in [-0.1, -0.05) is 52.0 Å². The van der Waals surface area contributed by atoms with Crippen LogP contribution in [0.2, 0.25) is 0 Å². The van der Waals surface area contributed by atoms with Crippen LogP contribution in [-0.2, 0) is 47.8 Å². The van der Waals surface area contributed by atoms with Crippen LogP contribution in [0.4, 0.5) is 0 Å². The van der Waals surface area contributed by atoms with E-state index in [-0.39, 0.29) is 22.9 Å². The summed E-state index contributed by atoms with van der Waals surface area (Å²) in [5, 5.41) is 9.71. The number of benzene rings is 2. The molecule has 4 atom stereocenters. The minimum Gasteiger partial charge on any atom is -0.467 e. The topological polar surface area (TPSA) is 302 Å². The van der Waals surface area contributed by atoms with E-state index >= 15 is 0 Å². The zero-order valence-corrected chi connectivity index (χ0v) is 43.2. The maximum Gasteiger partial charge on any atom is 0.328 e. The summed E-state index contributed by atoms with van der Waals surface area (Å²) in [7, 11) is 7.69. The summed E-state index contributed by atoms with van der Waals surface area (Å²) in [4.78, 5) is 155. The van der Waals surface area contributed by atoms with Crippen molar-refractivity contribution in [3.63, 3.8) is 0 Å². The molecule has 24 nitrogen and oxygen atoms in total. The van der Waals surface area contributed by atoms with Crippen LogP contribution in [0.15, 0.2) is 60.9 Å². The highest BCUT2D eigenvalue weighted by molar-refractivity contribution is 7.99. The number of fused-ring (bicyclic) bond motifs is 2. The number of likely N-dealkylation sites (N-methyl/N-ethyl adjacent to an activating group) is 4. The Bertz CT molecular complexity index is 2510. The fourth-order valence-corrected chi connectivity index (χ4v) is 8.75. The van der Waals surface area contributed by atoms with Crippen molar-refractivity contribution in [1.82, 2.24) is 60.8 Å². The Morgan fingerprint density at radius 3 is 1.18 bits per heavy atom. The van der Waals surface area contributed by atoms with Crippen LogP contribution in [0.1, 0.15) is 48.7 Å². The summed E-state index contributed by atoms with van der Waals surface area (Å²) < 4.78 is 9.96. The van der Waals surface area contributed by atoms with E-state index < -0.39 is 121 Å². The molecule has 0 aliphatic carbocycles. The Kier molecular flexibility index (Phi) is 21.5. The molecular weight excluding hydrogens is 969 g/mol. The van der Waals surface area contributed by atoms with Gasteiger partial charge < -0.3 is 50.3 Å². The summed E-state index contributed by atoms with van der Waals surface area (Å²) >= 11 is 0.982. The molecule has 0 spiro atoms. The molecule has 0 aliphatic heterocycles. The van der Waals surface area contributed by atoms with Gasteiger partial charge >= 0.3 is 11.9 Å². The molecule has 0 radical (unpaired) electrons. The van der Waals surface area contributed by atoms with Gasteiger partial charge in [-0.05, 0) is 36.1 Å². The number of esters is 2. The summed E-state index contributed by atoms with van der Waals surface area (Å²) in [5.41, 5.74) is 2.00. The molecule has 4 rings (SSSR count). The molecule has 0 fully saturated rings. The van der Waals surface area contributed by atoms with Crippen LogP contribution in [0.3, 0.4) is 0 Å². The van der Waals surface area contributed by atoms with Gasteiger partial charge in [0.05, 0.1) is 74.9 Å². The second-order valence-corrected chi connectivity index (χ2v) is 18.4. The Hall–Kier alpha value is -7.83. The molecule has 0 saturated heterocycles. The molecule has 2 aromatic carbocycles. The molecular formula is C48H62N12O12S. The van der Waals surface area contributed by atoms with Crippen LogP contribution in [0, 0.1) is 11.8 Å². The molecule has 25 heteroatoms. The standard InChI is InChI=1S/C48H62N12O12S/c1-27(2)41(47(69)71-9)59(7)45(67)35(57(5)39(63)23-51-37(61)21-53-43(65)33-19-49-29-15-11-13-17-31(29)55-33)25-73-26-36(46(68)60(8)42(28(3)4)48(70)72-10)58(6)40(64)24-52-38(62)22-54-44(66)34-20-50-30-16-12-14-18-32(30)56-34/h11-20,27-28,35-36,41-42H,21-26H2,1-10H3,(H,51,61)(H,52,62)(H,53,65)(H,54,66)/t35?,36?,41-,42?/m0/s1. The van der Waals surface area contributed by atoms with E-state index in [0.29, 0.717) is 22.1 Å². The zero-order valence-electron chi connectivity index (χ0n) is 42.4. The first-order chi connectivity index (χ1) is 34.6. The molecule has 2 heterocycles. The van der Waals surface area contributed by atoms with Gasteiger partial charge in [0, 0.05) is 39.7 Å². The lowest BCUT2D eigenvalue weighted by atomic mass is 10.0. The predicted molar refractivity (Wildman–Crippen MR) is 267 cm³/mol. The van der Waals surface area contributed by atoms with Crippen LogP contribution in [-0.4, -0.2) is 203 Å². The summed E-state index contributed by atoms with van der Waals surface area (Å²) in [6, 6.07) is 8.93. The lowest BCUT2D eigenvalue weighted by Crippen LogP contribution is -2.57. The first-order valence-corrected chi connectivity index (χ1v) is 24.1. The van der Waals surface area contributed by atoms with E-state index in [9.17, 15) is 47.9 Å². The van der Waals surface area contributed by atoms with Gasteiger partial charge in [-0.15, -0.1) is 0 Å². The minimum absolute atomic E-state index is 0.0370. The van der Waals surface area contributed by atoms with E-state index in [1.54, 1.807) is 76.2 Å². The van der Waals surface area contributed by atoms with Gasteiger partial charge in [0.15, 0.2) is 0 Å². The van der Waals surface area contributed by atoms with Gasteiger partial charge in [-0.2, -0.15) is 11.8 Å². The van der Waals surface area contributed by atoms with Crippen LogP contribution in [0.25, 0.3) is 22.1 Å². The molecule has 0 saturated carbocycles. The van der Waals surface area contributed by atoms with Crippen molar-refractivity contribution in [3.8, 4) is 0 Å². The highest BCUT2D eigenvalue weighted by Gasteiger charge is 2.40. The number of ether oxygens (including phenoxy) is 2. The SMILES string of the molecule is COC(=O)C(C(C)C)N(C)C(=O)C(CSCC(C(=O)N(C)[C@H](C(=O)OC)C(C)C)N(C)C(=O)CNC(=O)CNC(=O)c1cnc2ccccc2n1)N(C)C(=O)CNC(=O)CNC(=O)c1cnc2ccccc2n1. The van der Waals surface area contributed by atoms with E-state index in [2.05, 4.69) is 41.2 Å². The normalized spacial score (nSPS) is 12.7. The van der Waals surface area contributed by atoms with Crippen molar-refractivity contribution in [3.05, 3.63) is 72.3 Å². The third-order valence-corrected chi connectivity index (χ3v) is 12.7. The van der Waals surface area contributed by atoms with Crippen LogP contribution in [0.5, 0.6) is 0 Å². The lowest BCUT2D eigenvalue weighted by Gasteiger charge is -2.36. The van der Waals surface area contributed by atoms with Gasteiger partial charge in [0.25, 0.3) is 11.8 Å².